The predicted molar refractivity (Wildman–Crippen MR) is 93.7 cm³/mol. The molecule has 0 aromatic heterocycles. The Hall–Kier alpha value is -1.36. The van der Waals surface area contributed by atoms with Crippen molar-refractivity contribution in [3.05, 3.63) is 29.8 Å². The number of guanidine groups is 1. The molecule has 118 valence electrons. The molecule has 1 aromatic carbocycles. The van der Waals surface area contributed by atoms with E-state index >= 15 is 0 Å². The molecular weight excluding hydrogens is 282 g/mol. The zero-order valence-electron chi connectivity index (χ0n) is 13.7. The SMILES string of the molecule is CN=C(NCCc1ccccc1OC)NCC(C)(C)SC. The summed E-state index contributed by atoms with van der Waals surface area (Å²) >= 11 is 1.84. The van der Waals surface area contributed by atoms with Gasteiger partial charge in [-0.05, 0) is 38.2 Å². The smallest absolute Gasteiger partial charge is 0.191 e. The molecule has 0 amide bonds. The van der Waals surface area contributed by atoms with Gasteiger partial charge in [-0.1, -0.05) is 18.2 Å². The van der Waals surface area contributed by atoms with E-state index in [-0.39, 0.29) is 4.75 Å². The lowest BCUT2D eigenvalue weighted by atomic mass is 10.1. The van der Waals surface area contributed by atoms with Crippen LogP contribution in [0.5, 0.6) is 5.75 Å². The van der Waals surface area contributed by atoms with Gasteiger partial charge in [-0.3, -0.25) is 4.99 Å². The van der Waals surface area contributed by atoms with Gasteiger partial charge in [-0.2, -0.15) is 11.8 Å². The lowest BCUT2D eigenvalue weighted by Gasteiger charge is -2.23. The molecule has 0 unspecified atom stereocenters. The molecule has 21 heavy (non-hydrogen) atoms. The van der Waals surface area contributed by atoms with Crippen LogP contribution in [0.1, 0.15) is 19.4 Å². The number of thioether (sulfide) groups is 1. The van der Waals surface area contributed by atoms with Crippen LogP contribution in [0.15, 0.2) is 29.3 Å². The summed E-state index contributed by atoms with van der Waals surface area (Å²) in [5.74, 6) is 1.78. The lowest BCUT2D eigenvalue weighted by Crippen LogP contribution is -2.43. The molecule has 0 bridgehead atoms. The van der Waals surface area contributed by atoms with Crippen LogP contribution in [0.4, 0.5) is 0 Å². The maximum atomic E-state index is 5.36. The van der Waals surface area contributed by atoms with E-state index in [4.69, 9.17) is 4.74 Å². The highest BCUT2D eigenvalue weighted by Crippen LogP contribution is 2.19. The Morgan fingerprint density at radius 1 is 1.29 bits per heavy atom. The van der Waals surface area contributed by atoms with Gasteiger partial charge in [0, 0.05) is 24.9 Å². The minimum atomic E-state index is 0.195. The molecule has 4 nitrogen and oxygen atoms in total. The van der Waals surface area contributed by atoms with E-state index in [9.17, 15) is 0 Å². The Balaban J connectivity index is 2.42. The number of para-hydroxylation sites is 1. The summed E-state index contributed by atoms with van der Waals surface area (Å²) in [5.41, 5.74) is 1.20. The van der Waals surface area contributed by atoms with Gasteiger partial charge in [0.05, 0.1) is 7.11 Å². The van der Waals surface area contributed by atoms with Crippen molar-refractivity contribution >= 4 is 17.7 Å². The van der Waals surface area contributed by atoms with Crippen molar-refractivity contribution in [1.82, 2.24) is 10.6 Å². The third kappa shape index (κ3) is 6.29. The molecule has 1 aromatic rings. The summed E-state index contributed by atoms with van der Waals surface area (Å²) < 4.78 is 5.55. The number of hydrogen-bond acceptors (Lipinski definition) is 3. The highest BCUT2D eigenvalue weighted by molar-refractivity contribution is 7.99. The van der Waals surface area contributed by atoms with Crippen molar-refractivity contribution in [3.63, 3.8) is 0 Å². The molecule has 2 N–H and O–H groups in total. The second kappa shape index (κ2) is 8.82. The number of ether oxygens (including phenoxy) is 1. The monoisotopic (exact) mass is 309 g/mol. The van der Waals surface area contributed by atoms with Crippen molar-refractivity contribution < 1.29 is 4.74 Å². The first-order valence-electron chi connectivity index (χ1n) is 7.14. The van der Waals surface area contributed by atoms with Crippen LogP contribution in [0.2, 0.25) is 0 Å². The molecule has 0 saturated carbocycles. The number of nitrogens with one attached hydrogen (secondary N) is 2. The summed E-state index contributed by atoms with van der Waals surface area (Å²) in [5, 5.41) is 6.70. The van der Waals surface area contributed by atoms with Gasteiger partial charge in [0.15, 0.2) is 5.96 Å². The van der Waals surface area contributed by atoms with Gasteiger partial charge in [-0.25, -0.2) is 0 Å². The molecule has 0 atom stereocenters. The summed E-state index contributed by atoms with van der Waals surface area (Å²) in [6, 6.07) is 8.10. The van der Waals surface area contributed by atoms with E-state index in [1.54, 1.807) is 14.2 Å². The molecule has 0 heterocycles. The van der Waals surface area contributed by atoms with Crippen LogP contribution in [0, 0.1) is 0 Å². The van der Waals surface area contributed by atoms with E-state index in [2.05, 4.69) is 41.8 Å². The molecule has 0 saturated heterocycles. The van der Waals surface area contributed by atoms with Crippen LogP contribution < -0.4 is 15.4 Å². The van der Waals surface area contributed by atoms with Crippen LogP contribution in [-0.2, 0) is 6.42 Å². The minimum Gasteiger partial charge on any atom is -0.496 e. The number of nitrogens with zero attached hydrogens (tertiary/aromatic N) is 1. The Kier molecular flexibility index (Phi) is 7.43. The van der Waals surface area contributed by atoms with Crippen molar-refractivity contribution in [2.24, 2.45) is 4.99 Å². The summed E-state index contributed by atoms with van der Waals surface area (Å²) in [6.45, 7) is 6.13. The average Bonchev–Trinajstić information content (AvgIpc) is 2.51. The molecular formula is C16H27N3OS. The quantitative estimate of drug-likeness (QED) is 0.600. The molecule has 1 rings (SSSR count). The standard InChI is InChI=1S/C16H27N3OS/c1-16(2,21-5)12-19-15(17-3)18-11-10-13-8-6-7-9-14(13)20-4/h6-9H,10-12H2,1-5H3,(H2,17,18,19). The number of benzene rings is 1. The van der Waals surface area contributed by atoms with E-state index in [0.717, 1.165) is 31.2 Å². The van der Waals surface area contributed by atoms with E-state index < -0.39 is 0 Å². The molecule has 0 aliphatic heterocycles. The molecule has 0 spiro atoms. The number of aliphatic imine (C=N–C) groups is 1. The Morgan fingerprint density at radius 3 is 2.62 bits per heavy atom. The van der Waals surface area contributed by atoms with Gasteiger partial charge in [0.2, 0.25) is 0 Å². The van der Waals surface area contributed by atoms with Crippen molar-refractivity contribution in [2.75, 3.05) is 33.5 Å². The lowest BCUT2D eigenvalue weighted by molar-refractivity contribution is 0.409. The molecule has 0 aliphatic rings. The Labute approximate surface area is 132 Å². The fourth-order valence-corrected chi connectivity index (χ4v) is 2.03. The second-order valence-corrected chi connectivity index (χ2v) is 6.89. The third-order valence-electron chi connectivity index (χ3n) is 3.34. The zero-order valence-corrected chi connectivity index (χ0v) is 14.5. The van der Waals surface area contributed by atoms with Crippen LogP contribution in [0.25, 0.3) is 0 Å². The summed E-state index contributed by atoms with van der Waals surface area (Å²) in [7, 11) is 3.50. The fraction of sp³-hybridized carbons (Fsp3) is 0.562. The Bertz CT molecular complexity index is 461. The topological polar surface area (TPSA) is 45.7 Å². The van der Waals surface area contributed by atoms with Crippen LogP contribution in [-0.4, -0.2) is 44.2 Å². The highest BCUT2D eigenvalue weighted by Gasteiger charge is 2.15. The largest absolute Gasteiger partial charge is 0.496 e. The minimum absolute atomic E-state index is 0.195. The average molecular weight is 309 g/mol. The molecule has 0 aliphatic carbocycles. The predicted octanol–water partition coefficient (Wildman–Crippen LogP) is 2.54. The number of rotatable bonds is 7. The summed E-state index contributed by atoms with van der Waals surface area (Å²) in [4.78, 5) is 4.25. The normalized spacial score (nSPS) is 12.1. The highest BCUT2D eigenvalue weighted by atomic mass is 32.2. The van der Waals surface area contributed by atoms with Crippen LogP contribution >= 0.6 is 11.8 Å². The van der Waals surface area contributed by atoms with Crippen molar-refractivity contribution in [3.8, 4) is 5.75 Å². The molecule has 0 radical (unpaired) electrons. The first-order valence-corrected chi connectivity index (χ1v) is 8.36. The van der Waals surface area contributed by atoms with Gasteiger partial charge in [0.1, 0.15) is 5.75 Å². The van der Waals surface area contributed by atoms with Gasteiger partial charge in [-0.15, -0.1) is 0 Å². The molecule has 5 heteroatoms. The summed E-state index contributed by atoms with van der Waals surface area (Å²) in [6.07, 6.45) is 3.02. The van der Waals surface area contributed by atoms with Crippen molar-refractivity contribution in [2.45, 2.75) is 25.0 Å². The van der Waals surface area contributed by atoms with Crippen molar-refractivity contribution in [1.29, 1.82) is 0 Å². The number of methoxy groups -OCH3 is 1. The zero-order chi connectivity index (χ0) is 15.7. The maximum absolute atomic E-state index is 5.36. The first kappa shape index (κ1) is 17.7. The Morgan fingerprint density at radius 2 is 2.00 bits per heavy atom. The maximum Gasteiger partial charge on any atom is 0.191 e. The van der Waals surface area contributed by atoms with E-state index in [0.29, 0.717) is 0 Å². The van der Waals surface area contributed by atoms with Crippen LogP contribution in [0.3, 0.4) is 0 Å². The van der Waals surface area contributed by atoms with Gasteiger partial charge < -0.3 is 15.4 Å². The van der Waals surface area contributed by atoms with E-state index in [1.807, 2.05) is 30.0 Å². The third-order valence-corrected chi connectivity index (χ3v) is 4.59. The van der Waals surface area contributed by atoms with Gasteiger partial charge >= 0.3 is 0 Å². The molecule has 0 fully saturated rings. The van der Waals surface area contributed by atoms with E-state index in [1.165, 1.54) is 5.56 Å². The first-order chi connectivity index (χ1) is 10.0. The fourth-order valence-electron chi connectivity index (χ4n) is 1.81. The van der Waals surface area contributed by atoms with Gasteiger partial charge in [0.25, 0.3) is 0 Å². The number of hydrogen-bond donors (Lipinski definition) is 2. The second-order valence-electron chi connectivity index (χ2n) is 5.38.